The second-order valence-electron chi connectivity index (χ2n) is 3.63. The van der Waals surface area contributed by atoms with Crippen LogP contribution in [-0.2, 0) is 14.2 Å². The summed E-state index contributed by atoms with van der Waals surface area (Å²) in [6.45, 7) is 10.3. The fraction of sp³-hybridized carbons (Fsp3) is 1.00. The third-order valence-electron chi connectivity index (χ3n) is 0.968. The molecule has 0 saturated carbocycles. The van der Waals surface area contributed by atoms with E-state index in [1.165, 1.54) is 0 Å². The molecule has 0 aliphatic carbocycles. The Bertz CT molecular complexity index is 101. The highest BCUT2D eigenvalue weighted by Crippen LogP contribution is 2.02. The van der Waals surface area contributed by atoms with E-state index in [9.17, 15) is 0 Å². The Kier molecular flexibility index (Phi) is 6.65. The average molecular weight is 192 g/mol. The minimum atomic E-state index is -1.50. The zero-order valence-electron chi connectivity index (χ0n) is 8.55. The van der Waals surface area contributed by atoms with Gasteiger partial charge < -0.3 is 4.74 Å². The average Bonchev–Trinajstić information content (AvgIpc) is 1.94. The van der Waals surface area contributed by atoms with Crippen molar-refractivity contribution in [2.24, 2.45) is 0 Å². The monoisotopic (exact) mass is 192 g/mol. The van der Waals surface area contributed by atoms with Crippen molar-refractivity contribution in [3.8, 4) is 0 Å². The van der Waals surface area contributed by atoms with Crippen LogP contribution in [0.25, 0.3) is 0 Å². The Morgan fingerprint density at radius 1 is 1.00 bits per heavy atom. The quantitative estimate of drug-likeness (QED) is 0.268. The zero-order chi connectivity index (χ0) is 9.45. The first kappa shape index (κ1) is 12.1. The van der Waals surface area contributed by atoms with Crippen molar-refractivity contribution in [1.82, 2.24) is 0 Å². The van der Waals surface area contributed by atoms with Crippen LogP contribution >= 0.6 is 0 Å². The predicted octanol–water partition coefficient (Wildman–Crippen LogP) is 2.20. The Labute approximate surface area is 76.1 Å². The van der Waals surface area contributed by atoms with Gasteiger partial charge in [0, 0.05) is 6.61 Å². The molecule has 0 aliphatic rings. The number of hydrogen-bond donors (Lipinski definition) is 0. The molecule has 0 aromatic carbocycles. The minimum Gasteiger partial charge on any atom is -0.379 e. The maximum atomic E-state index is 5.21. The van der Waals surface area contributed by atoms with Crippen molar-refractivity contribution in [1.29, 1.82) is 0 Å². The fourth-order valence-electron chi connectivity index (χ4n) is 0.558. The molecule has 0 spiro atoms. The molecule has 0 aromatic heterocycles. The normalized spacial score (nSPS) is 12.0. The van der Waals surface area contributed by atoms with Gasteiger partial charge >= 0.3 is 0 Å². The highest BCUT2D eigenvalue weighted by Gasteiger charge is 2.15. The van der Waals surface area contributed by atoms with Crippen LogP contribution in [0, 0.1) is 0 Å². The van der Waals surface area contributed by atoms with Crippen LogP contribution in [0.15, 0.2) is 0 Å². The molecule has 0 fully saturated rings. The molecule has 0 atom stereocenters. The second-order valence-corrected chi connectivity index (χ2v) is 8.02. The van der Waals surface area contributed by atoms with Gasteiger partial charge in [0.2, 0.25) is 8.32 Å². The lowest BCUT2D eigenvalue weighted by molar-refractivity contribution is -0.225. The molecule has 0 unspecified atom stereocenters. The van der Waals surface area contributed by atoms with E-state index in [2.05, 4.69) is 26.6 Å². The van der Waals surface area contributed by atoms with Gasteiger partial charge in [-0.2, -0.15) is 0 Å². The van der Waals surface area contributed by atoms with E-state index < -0.39 is 8.32 Å². The molecule has 0 bridgehead atoms. The molecule has 0 aromatic rings. The summed E-state index contributed by atoms with van der Waals surface area (Å²) in [5.41, 5.74) is 0. The summed E-state index contributed by atoms with van der Waals surface area (Å²) in [4.78, 5) is 4.98. The van der Waals surface area contributed by atoms with Gasteiger partial charge in [-0.1, -0.05) is 6.92 Å². The summed E-state index contributed by atoms with van der Waals surface area (Å²) in [5, 5.41) is 0. The van der Waals surface area contributed by atoms with E-state index in [1.807, 2.05) is 0 Å². The Morgan fingerprint density at radius 3 is 2.17 bits per heavy atom. The largest absolute Gasteiger partial charge is 0.379 e. The number of ether oxygens (including phenoxy) is 1. The van der Waals surface area contributed by atoms with Crippen LogP contribution in [0.3, 0.4) is 0 Å². The maximum absolute atomic E-state index is 5.21. The van der Waals surface area contributed by atoms with E-state index in [1.54, 1.807) is 0 Å². The van der Waals surface area contributed by atoms with Crippen molar-refractivity contribution >= 4 is 8.32 Å². The van der Waals surface area contributed by atoms with Crippen LogP contribution in [0.2, 0.25) is 19.6 Å². The predicted molar refractivity (Wildman–Crippen MR) is 51.5 cm³/mol. The maximum Gasteiger partial charge on any atom is 0.230 e. The van der Waals surface area contributed by atoms with Gasteiger partial charge in [-0.05, 0) is 26.1 Å². The summed E-state index contributed by atoms with van der Waals surface area (Å²) < 4.78 is 10.4. The van der Waals surface area contributed by atoms with Crippen LogP contribution < -0.4 is 0 Å². The molecule has 0 N–H and O–H groups in total. The molecule has 74 valence electrons. The SMILES string of the molecule is CCCOCCOO[Si](C)(C)C. The molecule has 4 heteroatoms. The van der Waals surface area contributed by atoms with Gasteiger partial charge in [0.05, 0.1) is 6.61 Å². The highest BCUT2D eigenvalue weighted by molar-refractivity contribution is 6.69. The van der Waals surface area contributed by atoms with Gasteiger partial charge in [0.1, 0.15) is 6.61 Å². The summed E-state index contributed by atoms with van der Waals surface area (Å²) in [5.74, 6) is 0. The highest BCUT2D eigenvalue weighted by atomic mass is 28.4. The summed E-state index contributed by atoms with van der Waals surface area (Å²) in [6.07, 6.45) is 1.05. The Balaban J connectivity index is 3.01. The first-order valence-electron chi connectivity index (χ1n) is 4.44. The molecule has 0 rings (SSSR count). The molecule has 0 amide bonds. The first-order chi connectivity index (χ1) is 5.56. The first-order valence-corrected chi connectivity index (χ1v) is 7.85. The third kappa shape index (κ3) is 10.1. The van der Waals surface area contributed by atoms with Gasteiger partial charge in [-0.15, -0.1) is 0 Å². The van der Waals surface area contributed by atoms with Crippen molar-refractivity contribution in [3.05, 3.63) is 0 Å². The van der Waals surface area contributed by atoms with E-state index in [0.717, 1.165) is 13.0 Å². The third-order valence-corrected chi connectivity index (χ3v) is 1.59. The van der Waals surface area contributed by atoms with E-state index in [4.69, 9.17) is 14.2 Å². The lowest BCUT2D eigenvalue weighted by Gasteiger charge is -2.15. The molecular formula is C8H20O3Si. The Hall–Kier alpha value is 0.0969. The molecule has 0 aliphatic heterocycles. The van der Waals surface area contributed by atoms with Crippen LogP contribution in [0.5, 0.6) is 0 Å². The van der Waals surface area contributed by atoms with Crippen molar-refractivity contribution < 1.29 is 14.2 Å². The van der Waals surface area contributed by atoms with E-state index in [0.29, 0.717) is 13.2 Å². The fourth-order valence-corrected chi connectivity index (χ4v) is 0.995. The van der Waals surface area contributed by atoms with E-state index in [-0.39, 0.29) is 0 Å². The van der Waals surface area contributed by atoms with Crippen LogP contribution in [0.4, 0.5) is 0 Å². The second kappa shape index (κ2) is 6.60. The molecule has 0 heterocycles. The van der Waals surface area contributed by atoms with E-state index >= 15 is 0 Å². The molecule has 12 heavy (non-hydrogen) atoms. The van der Waals surface area contributed by atoms with Crippen molar-refractivity contribution in [3.63, 3.8) is 0 Å². The summed E-state index contributed by atoms with van der Waals surface area (Å²) in [7, 11) is -1.50. The van der Waals surface area contributed by atoms with Crippen LogP contribution in [-0.4, -0.2) is 28.1 Å². The standard InChI is InChI=1S/C8H20O3Si/c1-5-6-9-7-8-10-11-12(2,3)4/h5-8H2,1-4H3. The van der Waals surface area contributed by atoms with Gasteiger partial charge in [-0.3, -0.25) is 4.58 Å². The lowest BCUT2D eigenvalue weighted by atomic mass is 10.5. The van der Waals surface area contributed by atoms with Crippen molar-refractivity contribution in [2.75, 3.05) is 19.8 Å². The molecule has 0 radical (unpaired) electrons. The molecular weight excluding hydrogens is 172 g/mol. The zero-order valence-corrected chi connectivity index (χ0v) is 9.55. The summed E-state index contributed by atoms with van der Waals surface area (Å²) >= 11 is 0. The number of hydrogen-bond acceptors (Lipinski definition) is 3. The summed E-state index contributed by atoms with van der Waals surface area (Å²) in [6, 6.07) is 0. The smallest absolute Gasteiger partial charge is 0.230 e. The molecule has 3 nitrogen and oxygen atoms in total. The van der Waals surface area contributed by atoms with Gasteiger partial charge in [0.25, 0.3) is 0 Å². The minimum absolute atomic E-state index is 0.532. The van der Waals surface area contributed by atoms with Gasteiger partial charge in [0.15, 0.2) is 0 Å². The lowest BCUT2D eigenvalue weighted by Crippen LogP contribution is -2.26. The van der Waals surface area contributed by atoms with Gasteiger partial charge in [-0.25, -0.2) is 4.89 Å². The van der Waals surface area contributed by atoms with Crippen molar-refractivity contribution in [2.45, 2.75) is 33.0 Å². The molecule has 0 saturated heterocycles. The van der Waals surface area contributed by atoms with Crippen LogP contribution in [0.1, 0.15) is 13.3 Å². The number of rotatable bonds is 7. The Morgan fingerprint density at radius 2 is 1.67 bits per heavy atom. The topological polar surface area (TPSA) is 27.7 Å².